The summed E-state index contributed by atoms with van der Waals surface area (Å²) in [6, 6.07) is 12.8. The highest BCUT2D eigenvalue weighted by atomic mass is 35.5. The van der Waals surface area contributed by atoms with Gasteiger partial charge in [0.1, 0.15) is 16.8 Å². The molecule has 1 atom stereocenters. The van der Waals surface area contributed by atoms with E-state index in [4.69, 9.17) is 11.6 Å². The van der Waals surface area contributed by atoms with Crippen molar-refractivity contribution in [2.75, 3.05) is 30.3 Å². The summed E-state index contributed by atoms with van der Waals surface area (Å²) in [5.74, 6) is -0.0348. The van der Waals surface area contributed by atoms with Gasteiger partial charge in [-0.15, -0.1) is 0 Å². The summed E-state index contributed by atoms with van der Waals surface area (Å²) in [6.45, 7) is 3.80. The van der Waals surface area contributed by atoms with Gasteiger partial charge in [-0.05, 0) is 37.3 Å². The predicted octanol–water partition coefficient (Wildman–Crippen LogP) is 3.42. The molecule has 0 spiro atoms. The van der Waals surface area contributed by atoms with Crippen molar-refractivity contribution in [1.29, 1.82) is 0 Å². The third kappa shape index (κ3) is 6.67. The van der Waals surface area contributed by atoms with Crippen molar-refractivity contribution in [3.8, 4) is 0 Å². The molecule has 1 aliphatic heterocycles. The van der Waals surface area contributed by atoms with Crippen molar-refractivity contribution < 1.29 is 14.0 Å². The van der Waals surface area contributed by atoms with E-state index in [2.05, 4.69) is 20.3 Å². The van der Waals surface area contributed by atoms with E-state index < -0.39 is 5.82 Å². The lowest BCUT2D eigenvalue weighted by atomic mass is 10.1. The Balaban J connectivity index is 1.34. The fourth-order valence-electron chi connectivity index (χ4n) is 3.74. The van der Waals surface area contributed by atoms with E-state index in [0.717, 1.165) is 5.69 Å². The number of nitrogens with one attached hydrogen (secondary N) is 1. The van der Waals surface area contributed by atoms with Crippen LogP contribution in [0.5, 0.6) is 0 Å². The lowest BCUT2D eigenvalue weighted by Crippen LogP contribution is -2.54. The molecule has 3 heterocycles. The van der Waals surface area contributed by atoms with Crippen LogP contribution in [0.2, 0.25) is 5.15 Å². The maximum Gasteiger partial charge on any atom is 0.254 e. The second kappa shape index (κ2) is 11.5. The maximum absolute atomic E-state index is 13.5. The normalized spacial score (nSPS) is 15.7. The molecule has 8 nitrogen and oxygen atoms in total. The van der Waals surface area contributed by atoms with Gasteiger partial charge >= 0.3 is 0 Å². The number of thioether (sulfide) groups is 1. The molecule has 1 aromatic carbocycles. The fraction of sp³-hybridized carbons (Fsp3) is 0.292. The number of anilines is 1. The summed E-state index contributed by atoms with van der Waals surface area (Å²) in [5, 5.41) is 3.49. The Hall–Kier alpha value is -3.24. The van der Waals surface area contributed by atoms with Crippen molar-refractivity contribution in [2.45, 2.75) is 24.7 Å². The molecule has 3 aromatic rings. The Kier molecular flexibility index (Phi) is 8.14. The van der Waals surface area contributed by atoms with Gasteiger partial charge in [-0.3, -0.25) is 14.6 Å². The molecule has 1 N–H and O–H groups in total. The molecule has 0 radical (unpaired) electrons. The van der Waals surface area contributed by atoms with Gasteiger partial charge in [-0.2, -0.15) is 0 Å². The summed E-state index contributed by atoms with van der Waals surface area (Å²) >= 11 is 7.43. The number of hydrogen-bond donors (Lipinski definition) is 1. The number of hydrogen-bond acceptors (Lipinski definition) is 7. The van der Waals surface area contributed by atoms with Gasteiger partial charge < -0.3 is 15.1 Å². The standard InChI is InChI=1S/C24H24ClFN6O2S/c1-16-14-31(9-10-32(16)23(34)17-5-4-6-18(26)11-17)21-12-20(25)29-24(30-21)35-15-22(33)28-13-19-7-2-3-8-27-19/h2-8,11-12,16H,9-10,13-15H2,1H3,(H,28,33). The summed E-state index contributed by atoms with van der Waals surface area (Å²) in [7, 11) is 0. The number of carbonyl (C=O) groups excluding carboxylic acids is 2. The Labute approximate surface area is 211 Å². The molecule has 1 unspecified atom stereocenters. The molecule has 35 heavy (non-hydrogen) atoms. The zero-order valence-corrected chi connectivity index (χ0v) is 20.6. The van der Waals surface area contributed by atoms with Gasteiger partial charge in [-0.25, -0.2) is 14.4 Å². The van der Waals surface area contributed by atoms with E-state index in [0.29, 0.717) is 42.7 Å². The lowest BCUT2D eigenvalue weighted by Gasteiger charge is -2.40. The van der Waals surface area contributed by atoms with Gasteiger partial charge in [0.25, 0.3) is 5.91 Å². The Morgan fingerprint density at radius 3 is 2.77 bits per heavy atom. The Morgan fingerprint density at radius 2 is 2.03 bits per heavy atom. The number of piperazine rings is 1. The first-order valence-corrected chi connectivity index (χ1v) is 12.4. The highest BCUT2D eigenvalue weighted by molar-refractivity contribution is 7.99. The number of carbonyl (C=O) groups is 2. The topological polar surface area (TPSA) is 91.3 Å². The molecule has 2 amide bonds. The largest absolute Gasteiger partial charge is 0.353 e. The quantitative estimate of drug-likeness (QED) is 0.293. The minimum atomic E-state index is -0.437. The van der Waals surface area contributed by atoms with Crippen LogP contribution in [0.1, 0.15) is 23.0 Å². The highest BCUT2D eigenvalue weighted by Gasteiger charge is 2.29. The van der Waals surface area contributed by atoms with Gasteiger partial charge in [0, 0.05) is 43.5 Å². The molecule has 1 saturated heterocycles. The first-order valence-electron chi connectivity index (χ1n) is 11.0. The molecule has 4 rings (SSSR count). The number of amides is 2. The molecule has 11 heteroatoms. The number of nitrogens with zero attached hydrogens (tertiary/aromatic N) is 5. The van der Waals surface area contributed by atoms with Crippen molar-refractivity contribution in [2.24, 2.45) is 0 Å². The molecule has 2 aromatic heterocycles. The molecular weight excluding hydrogens is 491 g/mol. The first kappa shape index (κ1) is 24.9. The van der Waals surface area contributed by atoms with Crippen LogP contribution < -0.4 is 10.2 Å². The number of rotatable bonds is 7. The second-order valence-electron chi connectivity index (χ2n) is 8.02. The summed E-state index contributed by atoms with van der Waals surface area (Å²) in [6.07, 6.45) is 1.68. The van der Waals surface area contributed by atoms with E-state index >= 15 is 0 Å². The van der Waals surface area contributed by atoms with Crippen LogP contribution in [0, 0.1) is 5.82 Å². The summed E-state index contributed by atoms with van der Waals surface area (Å²) in [5.41, 5.74) is 1.10. The van der Waals surface area contributed by atoms with Crippen LogP contribution in [0.25, 0.3) is 0 Å². The number of benzene rings is 1. The van der Waals surface area contributed by atoms with Crippen LogP contribution in [0.3, 0.4) is 0 Å². The second-order valence-corrected chi connectivity index (χ2v) is 9.35. The third-order valence-corrected chi connectivity index (χ3v) is 6.51. The average Bonchev–Trinajstić information content (AvgIpc) is 2.86. The minimum Gasteiger partial charge on any atom is -0.353 e. The highest BCUT2D eigenvalue weighted by Crippen LogP contribution is 2.24. The monoisotopic (exact) mass is 514 g/mol. The van der Waals surface area contributed by atoms with Gasteiger partial charge in [0.2, 0.25) is 5.91 Å². The zero-order valence-electron chi connectivity index (χ0n) is 19.0. The van der Waals surface area contributed by atoms with Crippen LogP contribution in [0.15, 0.2) is 59.9 Å². The Morgan fingerprint density at radius 1 is 1.17 bits per heavy atom. The van der Waals surface area contributed by atoms with Crippen molar-refractivity contribution >= 4 is 41.0 Å². The molecule has 182 valence electrons. The molecule has 0 saturated carbocycles. The van der Waals surface area contributed by atoms with Gasteiger partial charge in [0.05, 0.1) is 18.0 Å². The van der Waals surface area contributed by atoms with Crippen molar-refractivity contribution in [1.82, 2.24) is 25.2 Å². The summed E-state index contributed by atoms with van der Waals surface area (Å²) in [4.78, 5) is 41.8. The van der Waals surface area contributed by atoms with E-state index in [1.807, 2.05) is 30.0 Å². The van der Waals surface area contributed by atoms with Crippen LogP contribution in [0.4, 0.5) is 10.2 Å². The van der Waals surface area contributed by atoms with Crippen LogP contribution >= 0.6 is 23.4 Å². The first-order chi connectivity index (χ1) is 16.9. The molecule has 0 bridgehead atoms. The predicted molar refractivity (Wildman–Crippen MR) is 133 cm³/mol. The molecular formula is C24H24ClFN6O2S. The van der Waals surface area contributed by atoms with E-state index in [-0.39, 0.29) is 28.8 Å². The van der Waals surface area contributed by atoms with Crippen LogP contribution in [-0.2, 0) is 11.3 Å². The van der Waals surface area contributed by atoms with Crippen molar-refractivity contribution in [3.63, 3.8) is 0 Å². The number of aromatic nitrogens is 3. The third-order valence-electron chi connectivity index (χ3n) is 5.47. The number of pyridine rings is 1. The SMILES string of the molecule is CC1CN(c2cc(Cl)nc(SCC(=O)NCc3ccccn3)n2)CCN1C(=O)c1cccc(F)c1. The average molecular weight is 515 g/mol. The Bertz CT molecular complexity index is 1200. The van der Waals surface area contributed by atoms with Crippen molar-refractivity contribution in [3.05, 3.63) is 77.0 Å². The van der Waals surface area contributed by atoms with Gasteiger partial charge in [-0.1, -0.05) is 35.5 Å². The van der Waals surface area contributed by atoms with E-state index in [9.17, 15) is 14.0 Å². The minimum absolute atomic E-state index is 0.123. The smallest absolute Gasteiger partial charge is 0.254 e. The molecule has 1 aliphatic rings. The van der Waals surface area contributed by atoms with E-state index in [1.54, 1.807) is 23.2 Å². The number of halogens is 2. The van der Waals surface area contributed by atoms with E-state index in [1.165, 1.54) is 30.0 Å². The lowest BCUT2D eigenvalue weighted by molar-refractivity contribution is -0.118. The van der Waals surface area contributed by atoms with Crippen LogP contribution in [-0.4, -0.2) is 63.1 Å². The molecule has 0 aliphatic carbocycles. The fourth-order valence-corrected chi connectivity index (χ4v) is 4.65. The maximum atomic E-state index is 13.5. The zero-order chi connectivity index (χ0) is 24.8. The van der Waals surface area contributed by atoms with Gasteiger partial charge in [0.15, 0.2) is 5.16 Å². The summed E-state index contributed by atoms with van der Waals surface area (Å²) < 4.78 is 13.5. The molecule has 1 fully saturated rings.